The number of nitrogens with one attached hydrogen (secondary N) is 3. The molecule has 2 saturated heterocycles. The molecule has 0 aromatic heterocycles. The van der Waals surface area contributed by atoms with Crippen LogP contribution >= 0.6 is 23.4 Å². The second kappa shape index (κ2) is 24.4. The van der Waals surface area contributed by atoms with Crippen molar-refractivity contribution in [1.82, 2.24) is 25.8 Å². The van der Waals surface area contributed by atoms with E-state index in [4.69, 9.17) is 22.1 Å². The van der Waals surface area contributed by atoms with Crippen molar-refractivity contribution in [2.24, 2.45) is 10.7 Å². The zero-order chi connectivity index (χ0) is 42.7. The lowest BCUT2D eigenvalue weighted by molar-refractivity contribution is -0.144. The second-order valence-electron chi connectivity index (χ2n) is 14.8. The Morgan fingerprint density at radius 1 is 1.08 bits per heavy atom. The van der Waals surface area contributed by atoms with Crippen LogP contribution in [0.5, 0.6) is 5.75 Å². The normalized spacial score (nSPS) is 19.3. The van der Waals surface area contributed by atoms with Gasteiger partial charge in [0.25, 0.3) is 0 Å². The summed E-state index contributed by atoms with van der Waals surface area (Å²) in [6.07, 6.45) is 8.85. The molecule has 320 valence electrons. The van der Waals surface area contributed by atoms with E-state index in [1.165, 1.54) is 18.7 Å². The molecule has 5 atom stereocenters. The maximum Gasteiger partial charge on any atom is 0.243 e. The topological polar surface area (TPSA) is 193 Å². The first-order valence-corrected chi connectivity index (χ1v) is 21.5. The van der Waals surface area contributed by atoms with Gasteiger partial charge in [-0.25, -0.2) is 0 Å². The largest absolute Gasteiger partial charge is 0.490 e. The van der Waals surface area contributed by atoms with Gasteiger partial charge in [0, 0.05) is 51.0 Å². The van der Waals surface area contributed by atoms with E-state index in [0.717, 1.165) is 47.1 Å². The third kappa shape index (κ3) is 13.9. The van der Waals surface area contributed by atoms with Gasteiger partial charge in [-0.15, -0.1) is 0 Å². The van der Waals surface area contributed by atoms with Crippen molar-refractivity contribution in [1.29, 1.82) is 0 Å². The summed E-state index contributed by atoms with van der Waals surface area (Å²) in [6.45, 7) is 4.56. The Labute approximate surface area is 356 Å². The summed E-state index contributed by atoms with van der Waals surface area (Å²) in [4.78, 5) is 82.7. The fourth-order valence-electron chi connectivity index (χ4n) is 7.51. The van der Waals surface area contributed by atoms with E-state index in [0.29, 0.717) is 62.4 Å². The van der Waals surface area contributed by atoms with E-state index in [1.54, 1.807) is 28.5 Å². The Morgan fingerprint density at radius 2 is 1.86 bits per heavy atom. The number of nitrogens with zero attached hydrogens (tertiary/aromatic N) is 3. The molecular weight excluding hydrogens is 794 g/mol. The van der Waals surface area contributed by atoms with Crippen LogP contribution in [0.3, 0.4) is 0 Å². The molecule has 2 aromatic carbocycles. The number of carbonyl (C=O) groups excluding carboxylic acids is 6. The number of thioether (sulfide) groups is 1. The Morgan fingerprint density at radius 3 is 2.56 bits per heavy atom. The zero-order valence-corrected chi connectivity index (χ0v) is 35.8. The number of aryl methyl sites for hydroxylation is 1. The molecule has 5 unspecified atom stereocenters. The van der Waals surface area contributed by atoms with E-state index in [-0.39, 0.29) is 55.7 Å². The summed E-state index contributed by atoms with van der Waals surface area (Å²) in [6, 6.07) is 10.5. The minimum atomic E-state index is -0.922. The number of nitrogens with two attached hydrogens (primary N) is 1. The molecule has 5 N–H and O–H groups in total. The highest BCUT2D eigenvalue weighted by molar-refractivity contribution is 8.20. The maximum absolute atomic E-state index is 13.6. The van der Waals surface area contributed by atoms with Crippen LogP contribution in [0.4, 0.5) is 0 Å². The lowest BCUT2D eigenvalue weighted by Gasteiger charge is -2.37. The number of aliphatic imine (C=N–C) groups is 1. The predicted octanol–water partition coefficient (Wildman–Crippen LogP) is 4.58. The molecule has 0 bridgehead atoms. The summed E-state index contributed by atoms with van der Waals surface area (Å²) >= 11 is 8.30. The number of amides is 5. The van der Waals surface area contributed by atoms with E-state index >= 15 is 0 Å². The van der Waals surface area contributed by atoms with Crippen molar-refractivity contribution in [2.75, 3.05) is 33.3 Å². The van der Waals surface area contributed by atoms with Crippen molar-refractivity contribution in [3.63, 3.8) is 0 Å². The zero-order valence-electron chi connectivity index (χ0n) is 34.2. The van der Waals surface area contributed by atoms with Crippen LogP contribution in [0.25, 0.3) is 4.91 Å². The number of fused-ring (bicyclic) bond motifs is 1. The van der Waals surface area contributed by atoms with Crippen LogP contribution in [-0.2, 0) is 35.2 Å². The molecule has 14 nitrogen and oxygen atoms in total. The number of halogens is 1. The van der Waals surface area contributed by atoms with Crippen LogP contribution in [0.1, 0.15) is 94.4 Å². The molecule has 0 spiro atoms. The molecule has 4 rings (SSSR count). The van der Waals surface area contributed by atoms with Gasteiger partial charge in [-0.1, -0.05) is 72.3 Å². The maximum atomic E-state index is 13.6. The molecule has 2 fully saturated rings. The Bertz CT molecular complexity index is 1810. The average Bonchev–Trinajstić information content (AvgIpc) is 3.65. The smallest absolute Gasteiger partial charge is 0.243 e. The molecular formula is C43H58ClN7O7S. The number of benzene rings is 2. The molecule has 0 aliphatic carbocycles. The molecule has 2 aliphatic rings. The van der Waals surface area contributed by atoms with Crippen molar-refractivity contribution in [2.45, 2.75) is 108 Å². The lowest BCUT2D eigenvalue weighted by atomic mass is 10.0. The van der Waals surface area contributed by atoms with E-state index in [9.17, 15) is 28.8 Å². The minimum absolute atomic E-state index is 0.0687. The number of unbranched alkanes of at least 4 members (excludes halogenated alkanes) is 2. The van der Waals surface area contributed by atoms with Crippen molar-refractivity contribution in [3.8, 4) is 5.75 Å². The molecule has 59 heavy (non-hydrogen) atoms. The summed E-state index contributed by atoms with van der Waals surface area (Å²) in [7, 11) is 1.72. The van der Waals surface area contributed by atoms with Crippen LogP contribution in [0, 0.1) is 0 Å². The third-order valence-corrected chi connectivity index (χ3v) is 12.2. The van der Waals surface area contributed by atoms with Gasteiger partial charge in [-0.05, 0) is 74.6 Å². The van der Waals surface area contributed by atoms with Gasteiger partial charge in [-0.3, -0.25) is 29.0 Å². The summed E-state index contributed by atoms with van der Waals surface area (Å²) < 4.78 is 6.12. The van der Waals surface area contributed by atoms with Crippen LogP contribution in [0.2, 0.25) is 5.02 Å². The van der Waals surface area contributed by atoms with Crippen molar-refractivity contribution in [3.05, 3.63) is 70.3 Å². The number of hydrogen-bond acceptors (Lipinski definition) is 10. The summed E-state index contributed by atoms with van der Waals surface area (Å²) in [5.74, 6) is -0.505. The highest BCUT2D eigenvalue weighted by atomic mass is 35.5. The van der Waals surface area contributed by atoms with E-state index < -0.39 is 24.2 Å². The van der Waals surface area contributed by atoms with Gasteiger partial charge >= 0.3 is 0 Å². The number of allylic oxidation sites excluding steroid dienone is 1. The molecule has 2 aliphatic heterocycles. The second-order valence-corrected chi connectivity index (χ2v) is 16.1. The molecule has 2 aromatic rings. The van der Waals surface area contributed by atoms with Crippen molar-refractivity contribution >= 4 is 70.1 Å². The first-order chi connectivity index (χ1) is 28.5. The van der Waals surface area contributed by atoms with Gasteiger partial charge in [-0.2, -0.15) is 0 Å². The number of carbonyl (C=O) groups is 6. The van der Waals surface area contributed by atoms with Gasteiger partial charge in [0.15, 0.2) is 0 Å². The number of aldehydes is 1. The monoisotopic (exact) mass is 851 g/mol. The Hall–Kier alpha value is -4.73. The quantitative estimate of drug-likeness (QED) is 0.0569. The highest BCUT2D eigenvalue weighted by Gasteiger charge is 2.44. The molecule has 16 heteroatoms. The van der Waals surface area contributed by atoms with Gasteiger partial charge in [0.1, 0.15) is 30.7 Å². The molecule has 5 amide bonds. The van der Waals surface area contributed by atoms with Crippen molar-refractivity contribution < 1.29 is 33.5 Å². The van der Waals surface area contributed by atoms with E-state index in [1.807, 2.05) is 49.4 Å². The fraction of sp³-hybridized carbons (Fsp3) is 0.512. The summed E-state index contributed by atoms with van der Waals surface area (Å²) in [5, 5.41) is 9.21. The fourth-order valence-corrected chi connectivity index (χ4v) is 8.41. The lowest BCUT2D eigenvalue weighted by Crippen LogP contribution is -2.59. The van der Waals surface area contributed by atoms with Crippen LogP contribution in [0.15, 0.2) is 53.5 Å². The summed E-state index contributed by atoms with van der Waals surface area (Å²) in [5.41, 5.74) is 10.7. The molecule has 0 saturated carbocycles. The van der Waals surface area contributed by atoms with Gasteiger partial charge in [0.2, 0.25) is 30.0 Å². The number of ether oxygens (including phenoxy) is 1. The average molecular weight is 852 g/mol. The third-order valence-electron chi connectivity index (χ3n) is 10.7. The Kier molecular flexibility index (Phi) is 19.4. The standard InChI is InChI=1S/C43H58ClN7O7S/c1-4-39(59-28-46-3)31-16-14-30(15-17-31)36(48-27-53)24-40(55)47-21-7-5-6-10-32-11-8-13-38(41(32)44)58-26-33(12-9-23-52)49-42(56)37-19-18-34-20-22-50(29(2)54)25-35(45)43(57)51(34)37/h4,8,11,13-17,23,27-28,33-37H,5-7,9-10,12,18-22,24-26,45H2,1-3H3,(H,47,55)(H,48,53)(H,49,56)/b39-4+,46-28?. The molecule has 2 heterocycles. The first kappa shape index (κ1) is 47.0. The number of hydrogen-bond donors (Lipinski definition) is 4. The first-order valence-electron chi connectivity index (χ1n) is 20.3. The van der Waals surface area contributed by atoms with Gasteiger partial charge in [0.05, 0.1) is 29.1 Å². The minimum Gasteiger partial charge on any atom is -0.490 e. The van der Waals surface area contributed by atoms with Crippen LogP contribution in [-0.4, -0.2) is 109 Å². The predicted molar refractivity (Wildman–Crippen MR) is 232 cm³/mol. The highest BCUT2D eigenvalue weighted by Crippen LogP contribution is 2.32. The van der Waals surface area contributed by atoms with E-state index in [2.05, 4.69) is 20.9 Å². The Balaban J connectivity index is 1.23. The molecule has 0 radical (unpaired) electrons. The van der Waals surface area contributed by atoms with Crippen LogP contribution < -0.4 is 26.4 Å². The SMILES string of the molecule is C/C=C(/SC=NC)c1ccc(C(CC(=O)NCCCCCc2cccc(OCC(CCC=O)NC(=O)C3CCC4CCN(C(C)=O)CC(N)C(=O)N43)c2Cl)NC=O)cc1. The van der Waals surface area contributed by atoms with Gasteiger partial charge < -0.3 is 41.0 Å². The number of rotatable bonds is 22.